The first-order valence-corrected chi connectivity index (χ1v) is 29.1. The van der Waals surface area contributed by atoms with Gasteiger partial charge in [0, 0.05) is 19.3 Å². The first-order valence-electron chi connectivity index (χ1n) is 29.1. The molecule has 0 aliphatic rings. The highest BCUT2D eigenvalue weighted by Gasteiger charge is 2.19. The molecular formula is C63H108O6. The van der Waals surface area contributed by atoms with Crippen molar-refractivity contribution in [1.29, 1.82) is 0 Å². The highest BCUT2D eigenvalue weighted by molar-refractivity contribution is 5.71. The molecule has 0 spiro atoms. The standard InChI is InChI=1S/C63H108O6/c1-4-7-10-13-16-19-22-24-25-26-27-28-29-30-31-32-33-34-35-36-37-38-39-40-42-44-47-50-53-56-62(65)68-59-60(58-67-61(64)55-52-49-46-43-21-18-15-12-9-6-3)69-63(66)57-54-51-48-45-41-23-20-17-14-11-8-5-2/h7,10,12,15-16,19,24-25,27-28,30-31,33-34,60H,4-6,8-9,11,13-14,17-18,20-23,26,29,32,35-59H2,1-3H3/b10-7-,15-12-,19-16-,25-24-,28-27-,31-30-,34-33-. The molecular weight excluding hydrogens is 853 g/mol. The van der Waals surface area contributed by atoms with Gasteiger partial charge in [-0.15, -0.1) is 0 Å². The molecule has 396 valence electrons. The van der Waals surface area contributed by atoms with Gasteiger partial charge in [0.25, 0.3) is 0 Å². The Bertz CT molecular complexity index is 1330. The lowest BCUT2D eigenvalue weighted by atomic mass is 10.0. The van der Waals surface area contributed by atoms with Gasteiger partial charge in [-0.3, -0.25) is 14.4 Å². The van der Waals surface area contributed by atoms with Gasteiger partial charge < -0.3 is 14.2 Å². The second-order valence-corrected chi connectivity index (χ2v) is 19.2. The minimum absolute atomic E-state index is 0.0790. The summed E-state index contributed by atoms with van der Waals surface area (Å²) >= 11 is 0. The molecule has 6 heteroatoms. The summed E-state index contributed by atoms with van der Waals surface area (Å²) in [5.41, 5.74) is 0. The van der Waals surface area contributed by atoms with Gasteiger partial charge in [0.1, 0.15) is 13.2 Å². The van der Waals surface area contributed by atoms with Gasteiger partial charge in [0.2, 0.25) is 0 Å². The smallest absolute Gasteiger partial charge is 0.306 e. The summed E-state index contributed by atoms with van der Waals surface area (Å²) in [5.74, 6) is -0.888. The molecule has 69 heavy (non-hydrogen) atoms. The lowest BCUT2D eigenvalue weighted by molar-refractivity contribution is -0.167. The van der Waals surface area contributed by atoms with Crippen molar-refractivity contribution < 1.29 is 28.6 Å². The molecule has 1 unspecified atom stereocenters. The molecule has 0 N–H and O–H groups in total. The molecule has 0 saturated heterocycles. The van der Waals surface area contributed by atoms with E-state index in [0.717, 1.165) is 109 Å². The van der Waals surface area contributed by atoms with Crippen LogP contribution in [0, 0.1) is 0 Å². The van der Waals surface area contributed by atoms with E-state index in [4.69, 9.17) is 14.2 Å². The number of hydrogen-bond acceptors (Lipinski definition) is 6. The number of carbonyl (C=O) groups excluding carboxylic acids is 3. The lowest BCUT2D eigenvalue weighted by Gasteiger charge is -2.18. The first-order chi connectivity index (χ1) is 34.0. The minimum atomic E-state index is -0.778. The van der Waals surface area contributed by atoms with Crippen LogP contribution in [0.1, 0.15) is 278 Å². The van der Waals surface area contributed by atoms with Crippen LogP contribution in [0.25, 0.3) is 0 Å². The number of hydrogen-bond donors (Lipinski definition) is 0. The zero-order valence-corrected chi connectivity index (χ0v) is 45.3. The number of esters is 3. The van der Waals surface area contributed by atoms with E-state index in [2.05, 4.69) is 106 Å². The minimum Gasteiger partial charge on any atom is -0.462 e. The molecule has 0 aromatic carbocycles. The predicted molar refractivity (Wildman–Crippen MR) is 297 cm³/mol. The molecule has 6 nitrogen and oxygen atoms in total. The molecule has 0 bridgehead atoms. The molecule has 0 saturated carbocycles. The van der Waals surface area contributed by atoms with Crippen LogP contribution >= 0.6 is 0 Å². The predicted octanol–water partition coefficient (Wildman–Crippen LogP) is 19.5. The highest BCUT2D eigenvalue weighted by atomic mass is 16.6. The van der Waals surface area contributed by atoms with E-state index >= 15 is 0 Å². The number of ether oxygens (including phenoxy) is 3. The third-order valence-corrected chi connectivity index (χ3v) is 12.4. The van der Waals surface area contributed by atoms with Crippen LogP contribution in [-0.2, 0) is 28.6 Å². The van der Waals surface area contributed by atoms with Crippen LogP contribution < -0.4 is 0 Å². The summed E-state index contributed by atoms with van der Waals surface area (Å²) < 4.78 is 16.8. The highest BCUT2D eigenvalue weighted by Crippen LogP contribution is 2.16. The number of allylic oxidation sites excluding steroid dienone is 14. The van der Waals surface area contributed by atoms with E-state index in [1.54, 1.807) is 0 Å². The fraction of sp³-hybridized carbons (Fsp3) is 0.730. The zero-order chi connectivity index (χ0) is 50.0. The molecule has 0 amide bonds. The third-order valence-electron chi connectivity index (χ3n) is 12.4. The molecule has 0 heterocycles. The lowest BCUT2D eigenvalue weighted by Crippen LogP contribution is -2.30. The van der Waals surface area contributed by atoms with Gasteiger partial charge in [-0.05, 0) is 89.9 Å². The molecule has 0 aromatic heterocycles. The van der Waals surface area contributed by atoms with E-state index in [-0.39, 0.29) is 31.1 Å². The Morgan fingerprint density at radius 2 is 0.594 bits per heavy atom. The van der Waals surface area contributed by atoms with Crippen molar-refractivity contribution in [2.75, 3.05) is 13.2 Å². The van der Waals surface area contributed by atoms with Gasteiger partial charge >= 0.3 is 17.9 Å². The third kappa shape index (κ3) is 55.4. The molecule has 0 aliphatic heterocycles. The van der Waals surface area contributed by atoms with Crippen molar-refractivity contribution in [2.45, 2.75) is 284 Å². The van der Waals surface area contributed by atoms with Crippen molar-refractivity contribution in [2.24, 2.45) is 0 Å². The van der Waals surface area contributed by atoms with Crippen molar-refractivity contribution in [1.82, 2.24) is 0 Å². The van der Waals surface area contributed by atoms with E-state index in [0.29, 0.717) is 19.3 Å². The van der Waals surface area contributed by atoms with Crippen LogP contribution in [0.5, 0.6) is 0 Å². The SMILES string of the molecule is CC/C=C\C/C=C\C/C=C\C/C=C\C/C=C\C/C=C\CCCCCCCCCCCCC(=O)OCC(COC(=O)CCCCCCC/C=C\CCC)OC(=O)CCCCCCCCCCCCCC. The van der Waals surface area contributed by atoms with Gasteiger partial charge in [0.15, 0.2) is 6.10 Å². The Kier molecular flexibility index (Phi) is 54.3. The summed E-state index contributed by atoms with van der Waals surface area (Å²) in [6.07, 6.45) is 74.5. The Labute approximate surface area is 426 Å². The van der Waals surface area contributed by atoms with Crippen molar-refractivity contribution in [3.05, 3.63) is 85.1 Å². The van der Waals surface area contributed by atoms with Gasteiger partial charge in [-0.1, -0.05) is 254 Å². The van der Waals surface area contributed by atoms with Crippen LogP contribution in [0.4, 0.5) is 0 Å². The van der Waals surface area contributed by atoms with E-state index in [1.165, 1.54) is 128 Å². The summed E-state index contributed by atoms with van der Waals surface area (Å²) in [4.78, 5) is 38.0. The van der Waals surface area contributed by atoms with Crippen LogP contribution in [0.2, 0.25) is 0 Å². The van der Waals surface area contributed by atoms with Crippen LogP contribution in [0.15, 0.2) is 85.1 Å². The van der Waals surface area contributed by atoms with Crippen molar-refractivity contribution in [3.63, 3.8) is 0 Å². The zero-order valence-electron chi connectivity index (χ0n) is 45.3. The van der Waals surface area contributed by atoms with E-state index < -0.39 is 6.10 Å². The maximum atomic E-state index is 12.8. The summed E-state index contributed by atoms with van der Waals surface area (Å²) in [5, 5.41) is 0. The maximum absolute atomic E-state index is 12.8. The molecule has 0 radical (unpaired) electrons. The molecule has 1 atom stereocenters. The fourth-order valence-electron chi connectivity index (χ4n) is 8.04. The van der Waals surface area contributed by atoms with Crippen LogP contribution in [-0.4, -0.2) is 37.2 Å². The Hall–Kier alpha value is -3.41. The topological polar surface area (TPSA) is 78.9 Å². The summed E-state index contributed by atoms with van der Waals surface area (Å²) in [6.45, 7) is 6.46. The largest absolute Gasteiger partial charge is 0.462 e. The van der Waals surface area contributed by atoms with Crippen LogP contribution in [0.3, 0.4) is 0 Å². The summed E-state index contributed by atoms with van der Waals surface area (Å²) in [7, 11) is 0. The maximum Gasteiger partial charge on any atom is 0.306 e. The molecule has 0 fully saturated rings. The number of unbranched alkanes of at least 4 members (excludes halogenated alkanes) is 27. The van der Waals surface area contributed by atoms with Crippen molar-refractivity contribution >= 4 is 17.9 Å². The molecule has 0 rings (SSSR count). The average Bonchev–Trinajstić information content (AvgIpc) is 3.35. The average molecular weight is 962 g/mol. The second-order valence-electron chi connectivity index (χ2n) is 19.2. The molecule has 0 aliphatic carbocycles. The van der Waals surface area contributed by atoms with Gasteiger partial charge in [-0.25, -0.2) is 0 Å². The van der Waals surface area contributed by atoms with E-state index in [9.17, 15) is 14.4 Å². The van der Waals surface area contributed by atoms with Crippen molar-refractivity contribution in [3.8, 4) is 0 Å². The number of rotatable bonds is 52. The first kappa shape index (κ1) is 65.6. The normalized spacial score (nSPS) is 12.7. The Balaban J connectivity index is 4.17. The second kappa shape index (κ2) is 57.2. The van der Waals surface area contributed by atoms with Gasteiger partial charge in [-0.2, -0.15) is 0 Å². The summed E-state index contributed by atoms with van der Waals surface area (Å²) in [6, 6.07) is 0. The Morgan fingerprint density at radius 3 is 0.957 bits per heavy atom. The fourth-order valence-corrected chi connectivity index (χ4v) is 8.04. The quantitative estimate of drug-likeness (QED) is 0.0262. The monoisotopic (exact) mass is 961 g/mol. The molecule has 0 aromatic rings. The van der Waals surface area contributed by atoms with Gasteiger partial charge in [0.05, 0.1) is 0 Å². The number of carbonyl (C=O) groups is 3. The van der Waals surface area contributed by atoms with E-state index in [1.807, 2.05) is 0 Å². The Morgan fingerprint density at radius 1 is 0.304 bits per heavy atom.